The third-order valence-corrected chi connectivity index (χ3v) is 5.01. The maximum absolute atomic E-state index is 11.9. The second-order valence-electron chi connectivity index (χ2n) is 6.19. The summed E-state index contributed by atoms with van der Waals surface area (Å²) in [6.45, 7) is 4.89. The van der Waals surface area contributed by atoms with Gasteiger partial charge in [-0.05, 0) is 35.7 Å². The van der Waals surface area contributed by atoms with Crippen molar-refractivity contribution >= 4 is 27.5 Å². The van der Waals surface area contributed by atoms with Gasteiger partial charge in [0.2, 0.25) is 0 Å². The molecule has 0 unspecified atom stereocenters. The van der Waals surface area contributed by atoms with Crippen LogP contribution in [-0.4, -0.2) is 24.0 Å². The Morgan fingerprint density at radius 2 is 1.92 bits per heavy atom. The van der Waals surface area contributed by atoms with Crippen LogP contribution in [0.25, 0.3) is 10.2 Å². The highest BCUT2D eigenvalue weighted by molar-refractivity contribution is 7.18. The first-order valence-corrected chi connectivity index (χ1v) is 9.27. The summed E-state index contributed by atoms with van der Waals surface area (Å²) >= 11 is 1.67. The first kappa shape index (κ1) is 17.4. The summed E-state index contributed by atoms with van der Waals surface area (Å²) in [5, 5.41) is 3.91. The highest BCUT2D eigenvalue weighted by atomic mass is 32.1. The van der Waals surface area contributed by atoms with Crippen molar-refractivity contribution in [3.63, 3.8) is 0 Å². The monoisotopic (exact) mass is 354 g/mol. The number of para-hydroxylation sites is 1. The number of hydrogen-bond acceptors (Lipinski definition) is 4. The summed E-state index contributed by atoms with van der Waals surface area (Å²) in [6.07, 6.45) is 0.730. The Labute approximate surface area is 151 Å². The van der Waals surface area contributed by atoms with E-state index in [1.54, 1.807) is 11.3 Å². The molecule has 0 spiro atoms. The summed E-state index contributed by atoms with van der Waals surface area (Å²) < 4.78 is 6.71. The minimum atomic E-state index is -0.117. The largest absolute Gasteiger partial charge is 0.484 e. The van der Waals surface area contributed by atoms with Crippen molar-refractivity contribution in [2.24, 2.45) is 0 Å². The molecule has 0 aliphatic carbocycles. The normalized spacial score (nSPS) is 11.0. The van der Waals surface area contributed by atoms with E-state index in [1.807, 2.05) is 42.5 Å². The number of nitrogens with one attached hydrogen (secondary N) is 1. The van der Waals surface area contributed by atoms with Crippen LogP contribution in [0.5, 0.6) is 5.75 Å². The molecule has 1 heterocycles. The molecule has 0 fully saturated rings. The molecule has 0 saturated carbocycles. The lowest BCUT2D eigenvalue weighted by Crippen LogP contribution is -2.30. The average molecular weight is 354 g/mol. The van der Waals surface area contributed by atoms with E-state index in [0.29, 0.717) is 18.2 Å². The summed E-state index contributed by atoms with van der Waals surface area (Å²) in [6, 6.07) is 15.9. The second-order valence-corrected chi connectivity index (χ2v) is 7.30. The van der Waals surface area contributed by atoms with E-state index in [1.165, 1.54) is 10.3 Å². The lowest BCUT2D eigenvalue weighted by atomic mass is 10.0. The van der Waals surface area contributed by atoms with Crippen molar-refractivity contribution in [3.8, 4) is 5.75 Å². The zero-order valence-corrected chi connectivity index (χ0v) is 15.3. The Morgan fingerprint density at radius 3 is 2.64 bits per heavy atom. The van der Waals surface area contributed by atoms with Crippen LogP contribution in [0, 0.1) is 0 Å². The van der Waals surface area contributed by atoms with Crippen LogP contribution >= 0.6 is 11.3 Å². The molecular formula is C20H22N2O2S. The molecule has 1 N–H and O–H groups in total. The number of fused-ring (bicyclic) bond motifs is 1. The number of carbonyl (C=O) groups is 1. The Morgan fingerprint density at radius 1 is 1.16 bits per heavy atom. The molecule has 1 aromatic heterocycles. The first-order chi connectivity index (χ1) is 12.1. The summed E-state index contributed by atoms with van der Waals surface area (Å²) in [5.41, 5.74) is 2.27. The van der Waals surface area contributed by atoms with Crippen LogP contribution in [-0.2, 0) is 11.2 Å². The van der Waals surface area contributed by atoms with E-state index in [0.717, 1.165) is 16.9 Å². The van der Waals surface area contributed by atoms with E-state index in [-0.39, 0.29) is 12.5 Å². The number of carbonyl (C=O) groups excluding carboxylic acids is 1. The van der Waals surface area contributed by atoms with E-state index in [4.69, 9.17) is 4.74 Å². The number of nitrogens with zero attached hydrogens (tertiary/aromatic N) is 1. The van der Waals surface area contributed by atoms with E-state index in [2.05, 4.69) is 30.2 Å². The molecule has 3 rings (SSSR count). The van der Waals surface area contributed by atoms with Crippen LogP contribution in [0.4, 0.5) is 0 Å². The zero-order valence-electron chi connectivity index (χ0n) is 14.5. The molecule has 25 heavy (non-hydrogen) atoms. The third-order valence-electron chi connectivity index (χ3n) is 3.92. The minimum absolute atomic E-state index is 0.0286. The maximum atomic E-state index is 11.9. The minimum Gasteiger partial charge on any atom is -0.484 e. The fourth-order valence-electron chi connectivity index (χ4n) is 2.48. The van der Waals surface area contributed by atoms with E-state index in [9.17, 15) is 4.79 Å². The molecular weight excluding hydrogens is 332 g/mol. The first-order valence-electron chi connectivity index (χ1n) is 8.46. The number of thiazole rings is 1. The van der Waals surface area contributed by atoms with Crippen LogP contribution in [0.1, 0.15) is 30.3 Å². The molecule has 1 amide bonds. The van der Waals surface area contributed by atoms with E-state index < -0.39 is 0 Å². The lowest BCUT2D eigenvalue weighted by molar-refractivity contribution is -0.123. The molecule has 0 aliphatic rings. The number of aromatic nitrogens is 1. The van der Waals surface area contributed by atoms with E-state index >= 15 is 0 Å². The van der Waals surface area contributed by atoms with Gasteiger partial charge in [-0.15, -0.1) is 11.3 Å². The predicted octanol–water partition coefficient (Wildman–Crippen LogP) is 4.16. The van der Waals surface area contributed by atoms with Gasteiger partial charge in [0.15, 0.2) is 6.61 Å². The van der Waals surface area contributed by atoms with Crippen LogP contribution < -0.4 is 10.1 Å². The molecule has 0 atom stereocenters. The number of rotatable bonds is 7. The Bertz CT molecular complexity index is 807. The predicted molar refractivity (Wildman–Crippen MR) is 102 cm³/mol. The van der Waals surface area contributed by atoms with Gasteiger partial charge in [0.1, 0.15) is 5.75 Å². The molecule has 0 saturated heterocycles. The fraction of sp³-hybridized carbons (Fsp3) is 0.300. The van der Waals surface area contributed by atoms with Crippen molar-refractivity contribution in [2.75, 3.05) is 13.2 Å². The number of benzene rings is 2. The molecule has 0 bridgehead atoms. The smallest absolute Gasteiger partial charge is 0.257 e. The Hall–Kier alpha value is -2.40. The van der Waals surface area contributed by atoms with Crippen LogP contribution in [0.2, 0.25) is 0 Å². The van der Waals surface area contributed by atoms with Crippen molar-refractivity contribution < 1.29 is 9.53 Å². The SMILES string of the molecule is CC(C)c1ccc(OCC(=O)NCCc2nc3ccccc3s2)cc1. The van der Waals surface area contributed by atoms with Crippen molar-refractivity contribution in [2.45, 2.75) is 26.2 Å². The number of amides is 1. The lowest BCUT2D eigenvalue weighted by Gasteiger charge is -2.09. The molecule has 3 aromatic rings. The van der Waals surface area contributed by atoms with Gasteiger partial charge in [-0.25, -0.2) is 4.98 Å². The summed E-state index contributed by atoms with van der Waals surface area (Å²) in [7, 11) is 0. The van der Waals surface area contributed by atoms with Crippen molar-refractivity contribution in [3.05, 3.63) is 59.1 Å². The van der Waals surface area contributed by atoms with Gasteiger partial charge in [0.05, 0.1) is 15.2 Å². The van der Waals surface area contributed by atoms with Gasteiger partial charge in [0, 0.05) is 13.0 Å². The molecule has 0 aliphatic heterocycles. The van der Waals surface area contributed by atoms with Gasteiger partial charge in [0.25, 0.3) is 5.91 Å². The van der Waals surface area contributed by atoms with Crippen molar-refractivity contribution in [1.29, 1.82) is 0 Å². The summed E-state index contributed by atoms with van der Waals surface area (Å²) in [5.74, 6) is 1.08. The van der Waals surface area contributed by atoms with Gasteiger partial charge in [-0.1, -0.05) is 38.1 Å². The molecule has 130 valence electrons. The van der Waals surface area contributed by atoms with Crippen LogP contribution in [0.3, 0.4) is 0 Å². The summed E-state index contributed by atoms with van der Waals surface area (Å²) in [4.78, 5) is 16.5. The van der Waals surface area contributed by atoms with Gasteiger partial charge in [-0.2, -0.15) is 0 Å². The van der Waals surface area contributed by atoms with Gasteiger partial charge < -0.3 is 10.1 Å². The second kappa shape index (κ2) is 8.12. The fourth-order valence-corrected chi connectivity index (χ4v) is 3.45. The standard InChI is InChI=1S/C20H22N2O2S/c1-14(2)15-7-9-16(10-8-15)24-13-19(23)21-12-11-20-22-17-5-3-4-6-18(17)25-20/h3-10,14H,11-13H2,1-2H3,(H,21,23). The van der Waals surface area contributed by atoms with Gasteiger partial charge >= 0.3 is 0 Å². The molecule has 4 nitrogen and oxygen atoms in total. The van der Waals surface area contributed by atoms with Gasteiger partial charge in [-0.3, -0.25) is 4.79 Å². The van der Waals surface area contributed by atoms with Crippen molar-refractivity contribution in [1.82, 2.24) is 10.3 Å². The third kappa shape index (κ3) is 4.79. The molecule has 5 heteroatoms. The number of hydrogen-bond donors (Lipinski definition) is 1. The highest BCUT2D eigenvalue weighted by Gasteiger charge is 2.06. The topological polar surface area (TPSA) is 51.2 Å². The molecule has 2 aromatic carbocycles. The molecule has 0 radical (unpaired) electrons. The number of ether oxygens (including phenoxy) is 1. The Kier molecular flexibility index (Phi) is 5.66. The van der Waals surface area contributed by atoms with Crippen LogP contribution in [0.15, 0.2) is 48.5 Å². The Balaban J connectivity index is 1.42. The zero-order chi connectivity index (χ0) is 17.6. The maximum Gasteiger partial charge on any atom is 0.257 e. The average Bonchev–Trinajstić information content (AvgIpc) is 3.03. The quantitative estimate of drug-likeness (QED) is 0.693. The highest BCUT2D eigenvalue weighted by Crippen LogP contribution is 2.21.